The normalized spacial score (nSPS) is 13.0. The molecule has 2 heterocycles. The zero-order valence-electron chi connectivity index (χ0n) is 15.2. The second kappa shape index (κ2) is 7.27. The number of hydrogen-bond donors (Lipinski definition) is 0. The highest BCUT2D eigenvalue weighted by Crippen LogP contribution is 2.22. The number of fused-ring (bicyclic) bond motifs is 1. The molecule has 0 radical (unpaired) electrons. The molecule has 4 rings (SSSR count). The van der Waals surface area contributed by atoms with Crippen molar-refractivity contribution in [2.45, 2.75) is 13.5 Å². The molecule has 1 aliphatic heterocycles. The maximum absolute atomic E-state index is 13.7. The maximum atomic E-state index is 13.7. The molecule has 29 heavy (non-hydrogen) atoms. The van der Waals surface area contributed by atoms with E-state index in [2.05, 4.69) is 10.1 Å². The van der Waals surface area contributed by atoms with E-state index in [9.17, 15) is 18.8 Å². The van der Waals surface area contributed by atoms with Gasteiger partial charge in [0.05, 0.1) is 11.1 Å². The SMILES string of the molecule is Cc1ccc(-c2noc(COC(=O)CN3C(=O)c4ccccc4C3=O)n2)cc1F. The first-order valence-corrected chi connectivity index (χ1v) is 8.64. The van der Waals surface area contributed by atoms with Crippen LogP contribution in [0, 0.1) is 12.7 Å². The lowest BCUT2D eigenvalue weighted by Gasteiger charge is -2.12. The number of nitrogens with zero attached hydrogens (tertiary/aromatic N) is 3. The van der Waals surface area contributed by atoms with Crippen LogP contribution in [0.1, 0.15) is 32.2 Å². The van der Waals surface area contributed by atoms with Gasteiger partial charge in [0.25, 0.3) is 17.7 Å². The van der Waals surface area contributed by atoms with Crippen LogP contribution in [0.5, 0.6) is 0 Å². The minimum absolute atomic E-state index is 0.00306. The highest BCUT2D eigenvalue weighted by molar-refractivity contribution is 6.22. The van der Waals surface area contributed by atoms with Crippen LogP contribution in [0.25, 0.3) is 11.4 Å². The molecule has 0 saturated carbocycles. The van der Waals surface area contributed by atoms with E-state index < -0.39 is 30.1 Å². The molecule has 2 aromatic carbocycles. The third kappa shape index (κ3) is 3.49. The number of aryl methyl sites for hydroxylation is 1. The minimum atomic E-state index is -0.805. The highest BCUT2D eigenvalue weighted by Gasteiger charge is 2.36. The fourth-order valence-corrected chi connectivity index (χ4v) is 2.86. The number of aromatic nitrogens is 2. The Morgan fingerprint density at radius 1 is 1.14 bits per heavy atom. The summed E-state index contributed by atoms with van der Waals surface area (Å²) in [6.07, 6.45) is 0. The number of imide groups is 1. The molecule has 0 fully saturated rings. The average Bonchev–Trinajstić information content (AvgIpc) is 3.28. The zero-order chi connectivity index (χ0) is 20.5. The maximum Gasteiger partial charge on any atom is 0.326 e. The van der Waals surface area contributed by atoms with E-state index in [-0.39, 0.29) is 29.4 Å². The summed E-state index contributed by atoms with van der Waals surface area (Å²) in [4.78, 5) is 41.4. The van der Waals surface area contributed by atoms with Crippen molar-refractivity contribution in [3.63, 3.8) is 0 Å². The number of benzene rings is 2. The Balaban J connectivity index is 1.37. The molecule has 0 N–H and O–H groups in total. The molecular formula is C20H14FN3O5. The predicted molar refractivity (Wildman–Crippen MR) is 96.0 cm³/mol. The molecule has 9 heteroatoms. The fraction of sp³-hybridized carbons (Fsp3) is 0.150. The molecule has 146 valence electrons. The van der Waals surface area contributed by atoms with E-state index in [1.165, 1.54) is 18.2 Å². The van der Waals surface area contributed by atoms with Crippen molar-refractivity contribution in [1.82, 2.24) is 15.0 Å². The quantitative estimate of drug-likeness (QED) is 0.483. The molecule has 0 spiro atoms. The third-order valence-corrected chi connectivity index (χ3v) is 4.42. The Labute approximate surface area is 163 Å². The van der Waals surface area contributed by atoms with Crippen LogP contribution in [-0.2, 0) is 16.1 Å². The summed E-state index contributed by atoms with van der Waals surface area (Å²) < 4.78 is 23.7. The number of ether oxygens (including phenoxy) is 1. The van der Waals surface area contributed by atoms with E-state index in [1.807, 2.05) is 0 Å². The van der Waals surface area contributed by atoms with Gasteiger partial charge in [-0.05, 0) is 30.7 Å². The summed E-state index contributed by atoms with van der Waals surface area (Å²) in [5.74, 6) is -2.16. The second-order valence-corrected chi connectivity index (χ2v) is 6.38. The number of hydrogen-bond acceptors (Lipinski definition) is 7. The van der Waals surface area contributed by atoms with Crippen LogP contribution in [0.3, 0.4) is 0 Å². The molecule has 1 aromatic heterocycles. The average molecular weight is 395 g/mol. The molecule has 1 aliphatic rings. The van der Waals surface area contributed by atoms with Gasteiger partial charge in [-0.2, -0.15) is 4.98 Å². The first kappa shape index (κ1) is 18.5. The third-order valence-electron chi connectivity index (χ3n) is 4.42. The fourth-order valence-electron chi connectivity index (χ4n) is 2.86. The number of rotatable bonds is 5. The van der Waals surface area contributed by atoms with E-state index in [0.29, 0.717) is 11.1 Å². The number of carbonyl (C=O) groups excluding carboxylic acids is 3. The Hall–Kier alpha value is -3.88. The molecule has 0 bridgehead atoms. The monoisotopic (exact) mass is 395 g/mol. The second-order valence-electron chi connectivity index (χ2n) is 6.38. The summed E-state index contributed by atoms with van der Waals surface area (Å²) in [6.45, 7) is 0.758. The van der Waals surface area contributed by atoms with Gasteiger partial charge in [-0.3, -0.25) is 19.3 Å². The number of halogens is 1. The lowest BCUT2D eigenvalue weighted by atomic mass is 10.1. The molecule has 0 unspecified atom stereocenters. The van der Waals surface area contributed by atoms with Gasteiger partial charge in [-0.15, -0.1) is 0 Å². The van der Waals surface area contributed by atoms with Crippen molar-refractivity contribution >= 4 is 17.8 Å². The van der Waals surface area contributed by atoms with Gasteiger partial charge in [-0.25, -0.2) is 4.39 Å². The van der Waals surface area contributed by atoms with E-state index in [0.717, 1.165) is 4.90 Å². The summed E-state index contributed by atoms with van der Waals surface area (Å²) in [7, 11) is 0. The van der Waals surface area contributed by atoms with Crippen molar-refractivity contribution < 1.29 is 28.0 Å². The van der Waals surface area contributed by atoms with E-state index in [4.69, 9.17) is 9.26 Å². The Morgan fingerprint density at radius 3 is 2.48 bits per heavy atom. The summed E-state index contributed by atoms with van der Waals surface area (Å²) in [5.41, 5.74) is 1.40. The van der Waals surface area contributed by atoms with Crippen molar-refractivity contribution in [2.24, 2.45) is 0 Å². The van der Waals surface area contributed by atoms with Crippen LogP contribution in [0.15, 0.2) is 47.0 Å². The van der Waals surface area contributed by atoms with Crippen molar-refractivity contribution in [3.8, 4) is 11.4 Å². The van der Waals surface area contributed by atoms with Crippen LogP contribution in [0.4, 0.5) is 4.39 Å². The molecule has 0 aliphatic carbocycles. The van der Waals surface area contributed by atoms with Gasteiger partial charge in [0.2, 0.25) is 5.82 Å². The summed E-state index contributed by atoms with van der Waals surface area (Å²) in [6, 6.07) is 10.8. The van der Waals surface area contributed by atoms with Gasteiger partial charge in [0, 0.05) is 5.56 Å². The summed E-state index contributed by atoms with van der Waals surface area (Å²) in [5, 5.41) is 3.73. The van der Waals surface area contributed by atoms with Gasteiger partial charge in [-0.1, -0.05) is 29.4 Å². The summed E-state index contributed by atoms with van der Waals surface area (Å²) >= 11 is 0. The highest BCUT2D eigenvalue weighted by atomic mass is 19.1. The molecule has 3 aromatic rings. The standard InChI is InChI=1S/C20H14FN3O5/c1-11-6-7-12(8-15(11)21)18-22-16(29-23-18)10-28-17(25)9-24-19(26)13-4-2-3-5-14(13)20(24)27/h2-8H,9-10H2,1H3. The minimum Gasteiger partial charge on any atom is -0.454 e. The topological polar surface area (TPSA) is 103 Å². The Kier molecular flexibility index (Phi) is 4.63. The van der Waals surface area contributed by atoms with Crippen LogP contribution in [0.2, 0.25) is 0 Å². The number of esters is 1. The number of amides is 2. The Bertz CT molecular complexity index is 1110. The lowest BCUT2D eigenvalue weighted by Crippen LogP contribution is -2.35. The van der Waals surface area contributed by atoms with Gasteiger partial charge >= 0.3 is 5.97 Å². The van der Waals surface area contributed by atoms with Crippen LogP contribution in [-0.4, -0.2) is 39.4 Å². The van der Waals surface area contributed by atoms with Crippen LogP contribution >= 0.6 is 0 Å². The molecule has 0 saturated heterocycles. The first-order valence-electron chi connectivity index (χ1n) is 8.64. The lowest BCUT2D eigenvalue weighted by molar-refractivity contribution is -0.146. The molecule has 0 atom stereocenters. The van der Waals surface area contributed by atoms with Crippen molar-refractivity contribution in [1.29, 1.82) is 0 Å². The van der Waals surface area contributed by atoms with Gasteiger partial charge in [0.15, 0.2) is 6.61 Å². The smallest absolute Gasteiger partial charge is 0.326 e. The van der Waals surface area contributed by atoms with E-state index in [1.54, 1.807) is 31.2 Å². The van der Waals surface area contributed by atoms with Crippen molar-refractivity contribution in [3.05, 3.63) is 70.9 Å². The molecule has 2 amide bonds. The van der Waals surface area contributed by atoms with Gasteiger partial charge in [0.1, 0.15) is 12.4 Å². The van der Waals surface area contributed by atoms with Gasteiger partial charge < -0.3 is 9.26 Å². The first-order chi connectivity index (χ1) is 13.9. The Morgan fingerprint density at radius 2 is 1.83 bits per heavy atom. The largest absolute Gasteiger partial charge is 0.454 e. The van der Waals surface area contributed by atoms with Crippen LogP contribution < -0.4 is 0 Å². The predicted octanol–water partition coefficient (Wildman–Crippen LogP) is 2.52. The van der Waals surface area contributed by atoms with E-state index >= 15 is 0 Å². The molecular weight excluding hydrogens is 381 g/mol. The number of carbonyl (C=O) groups is 3. The molecule has 8 nitrogen and oxygen atoms in total. The van der Waals surface area contributed by atoms with Crippen molar-refractivity contribution in [2.75, 3.05) is 6.54 Å². The zero-order valence-corrected chi connectivity index (χ0v) is 15.2.